The van der Waals surface area contributed by atoms with E-state index in [9.17, 15) is 9.18 Å². The highest BCUT2D eigenvalue weighted by Gasteiger charge is 2.23. The monoisotopic (exact) mass is 268 g/mol. The third-order valence-corrected chi connectivity index (χ3v) is 3.27. The second-order valence-electron chi connectivity index (χ2n) is 4.67. The summed E-state index contributed by atoms with van der Waals surface area (Å²) >= 11 is 0. The molecular weight excluding hydrogens is 255 g/mol. The number of carbonyl (C=O) groups excluding carboxylic acids is 1. The SMILES string of the molecule is Cc1ccc(NC=C2C(=O)Nc3ccccc32)cc1F. The second-order valence-corrected chi connectivity index (χ2v) is 4.67. The van der Waals surface area contributed by atoms with Gasteiger partial charge in [-0.25, -0.2) is 4.39 Å². The van der Waals surface area contributed by atoms with Gasteiger partial charge in [0, 0.05) is 23.1 Å². The van der Waals surface area contributed by atoms with Crippen molar-refractivity contribution in [2.75, 3.05) is 10.6 Å². The van der Waals surface area contributed by atoms with Crippen molar-refractivity contribution in [1.29, 1.82) is 0 Å². The molecule has 0 saturated carbocycles. The molecule has 2 aromatic carbocycles. The van der Waals surface area contributed by atoms with Gasteiger partial charge in [-0.05, 0) is 30.7 Å². The van der Waals surface area contributed by atoms with E-state index in [-0.39, 0.29) is 11.7 Å². The van der Waals surface area contributed by atoms with Gasteiger partial charge < -0.3 is 10.6 Å². The number of hydrogen-bond donors (Lipinski definition) is 2. The van der Waals surface area contributed by atoms with Crippen LogP contribution < -0.4 is 10.6 Å². The Labute approximate surface area is 116 Å². The Kier molecular flexibility index (Phi) is 2.99. The molecule has 100 valence electrons. The molecule has 1 amide bonds. The fourth-order valence-electron chi connectivity index (χ4n) is 2.12. The molecule has 0 aromatic heterocycles. The van der Waals surface area contributed by atoms with Crippen molar-refractivity contribution in [3.05, 3.63) is 65.6 Å². The van der Waals surface area contributed by atoms with E-state index in [1.54, 1.807) is 25.3 Å². The van der Waals surface area contributed by atoms with Crippen molar-refractivity contribution in [2.45, 2.75) is 6.92 Å². The van der Waals surface area contributed by atoms with Gasteiger partial charge in [-0.2, -0.15) is 0 Å². The van der Waals surface area contributed by atoms with Gasteiger partial charge in [0.05, 0.1) is 5.57 Å². The summed E-state index contributed by atoms with van der Waals surface area (Å²) in [5, 5.41) is 5.75. The average Bonchev–Trinajstić information content (AvgIpc) is 2.76. The number of para-hydroxylation sites is 1. The highest BCUT2D eigenvalue weighted by Crippen LogP contribution is 2.31. The van der Waals surface area contributed by atoms with Gasteiger partial charge in [0.25, 0.3) is 5.91 Å². The van der Waals surface area contributed by atoms with Crippen molar-refractivity contribution >= 4 is 22.9 Å². The van der Waals surface area contributed by atoms with E-state index in [1.807, 2.05) is 24.3 Å². The molecule has 20 heavy (non-hydrogen) atoms. The van der Waals surface area contributed by atoms with Gasteiger partial charge in [-0.15, -0.1) is 0 Å². The minimum absolute atomic E-state index is 0.161. The summed E-state index contributed by atoms with van der Waals surface area (Å²) in [6.45, 7) is 1.71. The molecule has 0 unspecified atom stereocenters. The van der Waals surface area contributed by atoms with Crippen molar-refractivity contribution in [2.24, 2.45) is 0 Å². The summed E-state index contributed by atoms with van der Waals surface area (Å²) in [6, 6.07) is 12.3. The standard InChI is InChI=1S/C16H13FN2O/c1-10-6-7-11(8-14(10)17)18-9-13-12-4-2-3-5-15(12)19-16(13)20/h2-9,18H,1H3,(H,19,20). The van der Waals surface area contributed by atoms with Crippen molar-refractivity contribution < 1.29 is 9.18 Å². The van der Waals surface area contributed by atoms with Crippen LogP contribution in [-0.2, 0) is 4.79 Å². The van der Waals surface area contributed by atoms with E-state index in [0.717, 1.165) is 11.3 Å². The maximum absolute atomic E-state index is 13.5. The van der Waals surface area contributed by atoms with Crippen molar-refractivity contribution in [3.8, 4) is 0 Å². The Bertz CT molecular complexity index is 722. The van der Waals surface area contributed by atoms with E-state index in [4.69, 9.17) is 0 Å². The molecule has 0 atom stereocenters. The number of hydrogen-bond acceptors (Lipinski definition) is 2. The number of halogens is 1. The zero-order valence-electron chi connectivity index (χ0n) is 10.9. The van der Waals surface area contributed by atoms with Crippen LogP contribution in [0.4, 0.5) is 15.8 Å². The molecule has 1 aliphatic rings. The maximum Gasteiger partial charge on any atom is 0.257 e. The predicted molar refractivity (Wildman–Crippen MR) is 77.8 cm³/mol. The normalized spacial score (nSPS) is 15.1. The van der Waals surface area contributed by atoms with Crippen LogP contribution in [0.5, 0.6) is 0 Å². The first-order chi connectivity index (χ1) is 9.65. The average molecular weight is 268 g/mol. The lowest BCUT2D eigenvalue weighted by atomic mass is 10.1. The number of nitrogens with one attached hydrogen (secondary N) is 2. The van der Waals surface area contributed by atoms with Gasteiger partial charge in [-0.1, -0.05) is 24.3 Å². The Morgan fingerprint density at radius 3 is 2.80 bits per heavy atom. The molecular formula is C16H13FN2O. The second kappa shape index (κ2) is 4.81. The van der Waals surface area contributed by atoms with E-state index in [1.165, 1.54) is 6.07 Å². The molecule has 0 bridgehead atoms. The fourth-order valence-corrected chi connectivity index (χ4v) is 2.12. The van der Waals surface area contributed by atoms with Gasteiger partial charge in [0.2, 0.25) is 0 Å². The first kappa shape index (κ1) is 12.4. The third-order valence-electron chi connectivity index (χ3n) is 3.27. The summed E-state index contributed by atoms with van der Waals surface area (Å²) < 4.78 is 13.5. The molecule has 1 aliphatic heterocycles. The summed E-state index contributed by atoms with van der Waals surface area (Å²) in [6.07, 6.45) is 1.60. The number of carbonyl (C=O) groups is 1. The molecule has 0 fully saturated rings. The molecule has 0 aliphatic carbocycles. The minimum atomic E-state index is -0.273. The lowest BCUT2D eigenvalue weighted by Gasteiger charge is -2.04. The van der Waals surface area contributed by atoms with Crippen LogP contribution in [0.3, 0.4) is 0 Å². The van der Waals surface area contributed by atoms with E-state index in [0.29, 0.717) is 16.8 Å². The van der Waals surface area contributed by atoms with Crippen LogP contribution in [-0.4, -0.2) is 5.91 Å². The Balaban J connectivity index is 1.89. The van der Waals surface area contributed by atoms with Crippen LogP contribution >= 0.6 is 0 Å². The number of benzene rings is 2. The summed E-state index contributed by atoms with van der Waals surface area (Å²) in [5.74, 6) is -0.434. The molecule has 3 nitrogen and oxygen atoms in total. The van der Waals surface area contributed by atoms with Crippen LogP contribution in [0, 0.1) is 12.7 Å². The largest absolute Gasteiger partial charge is 0.361 e. The van der Waals surface area contributed by atoms with E-state index < -0.39 is 0 Å². The zero-order valence-corrected chi connectivity index (χ0v) is 10.9. The van der Waals surface area contributed by atoms with Crippen molar-refractivity contribution in [1.82, 2.24) is 0 Å². The number of amides is 1. The molecule has 0 radical (unpaired) electrons. The third kappa shape index (κ3) is 2.16. The van der Waals surface area contributed by atoms with Gasteiger partial charge in [0.15, 0.2) is 0 Å². The van der Waals surface area contributed by atoms with Crippen LogP contribution in [0.1, 0.15) is 11.1 Å². The zero-order chi connectivity index (χ0) is 14.1. The maximum atomic E-state index is 13.5. The summed E-state index contributed by atoms with van der Waals surface area (Å²) in [4.78, 5) is 11.9. The first-order valence-electron chi connectivity index (χ1n) is 6.29. The topological polar surface area (TPSA) is 41.1 Å². The number of aryl methyl sites for hydroxylation is 1. The Morgan fingerprint density at radius 2 is 2.00 bits per heavy atom. The molecule has 2 N–H and O–H groups in total. The van der Waals surface area contributed by atoms with Gasteiger partial charge in [0.1, 0.15) is 5.82 Å². The predicted octanol–water partition coefficient (Wildman–Crippen LogP) is 3.54. The van der Waals surface area contributed by atoms with Crippen molar-refractivity contribution in [3.63, 3.8) is 0 Å². The lowest BCUT2D eigenvalue weighted by Crippen LogP contribution is -2.05. The van der Waals surface area contributed by atoms with Gasteiger partial charge in [-0.3, -0.25) is 4.79 Å². The molecule has 3 rings (SSSR count). The van der Waals surface area contributed by atoms with Gasteiger partial charge >= 0.3 is 0 Å². The quantitative estimate of drug-likeness (QED) is 0.818. The van der Waals surface area contributed by atoms with Crippen LogP contribution in [0.2, 0.25) is 0 Å². The first-order valence-corrected chi connectivity index (χ1v) is 6.29. The Hall–Kier alpha value is -2.62. The Morgan fingerprint density at radius 1 is 1.20 bits per heavy atom. The number of fused-ring (bicyclic) bond motifs is 1. The molecule has 2 aromatic rings. The minimum Gasteiger partial charge on any atom is -0.361 e. The highest BCUT2D eigenvalue weighted by atomic mass is 19.1. The lowest BCUT2D eigenvalue weighted by molar-refractivity contribution is -0.110. The highest BCUT2D eigenvalue weighted by molar-refractivity contribution is 6.31. The number of rotatable bonds is 2. The van der Waals surface area contributed by atoms with E-state index >= 15 is 0 Å². The molecule has 0 spiro atoms. The van der Waals surface area contributed by atoms with E-state index in [2.05, 4.69) is 10.6 Å². The van der Waals surface area contributed by atoms with Crippen LogP contribution in [0.15, 0.2) is 48.7 Å². The number of anilines is 2. The smallest absolute Gasteiger partial charge is 0.257 e. The van der Waals surface area contributed by atoms with Crippen LogP contribution in [0.25, 0.3) is 5.57 Å². The molecule has 0 saturated heterocycles. The summed E-state index contributed by atoms with van der Waals surface area (Å²) in [5.41, 5.74) is 3.38. The summed E-state index contributed by atoms with van der Waals surface area (Å²) in [7, 11) is 0. The molecule has 1 heterocycles. The fraction of sp³-hybridized carbons (Fsp3) is 0.0625. The molecule has 4 heteroatoms.